The topological polar surface area (TPSA) is 11.6 Å². The van der Waals surface area contributed by atoms with Crippen LogP contribution in [0.3, 0.4) is 0 Å². The zero-order valence-corrected chi connectivity index (χ0v) is 24.7. The average molecular weight is 549 g/mol. The third-order valence-electron chi connectivity index (χ3n) is 8.33. The number of hydrogen-bond acceptors (Lipinski definition) is 0. The lowest BCUT2D eigenvalue weighted by molar-refractivity contribution is -0.704. The Kier molecular flexibility index (Phi) is 8.00. The van der Waals surface area contributed by atoms with E-state index in [0.29, 0.717) is 0 Å². The van der Waals surface area contributed by atoms with E-state index in [0.717, 1.165) is 12.8 Å². The van der Waals surface area contributed by atoms with Crippen molar-refractivity contribution in [2.45, 2.75) is 25.8 Å². The summed E-state index contributed by atoms with van der Waals surface area (Å²) in [5, 5.41) is 0. The highest BCUT2D eigenvalue weighted by Gasteiger charge is 2.30. The molecule has 0 spiro atoms. The first-order valence-corrected chi connectivity index (χ1v) is 14.7. The molecule has 0 saturated heterocycles. The third-order valence-corrected chi connectivity index (χ3v) is 8.33. The van der Waals surface area contributed by atoms with E-state index in [9.17, 15) is 0 Å². The summed E-state index contributed by atoms with van der Waals surface area (Å²) in [6, 6.07) is 46.1. The molecule has 6 rings (SSSR count). The fraction of sp³-hybridized carbons (Fsp3) is 0.154. The van der Waals surface area contributed by atoms with Gasteiger partial charge in [0.15, 0.2) is 24.6 Å². The van der Waals surface area contributed by atoms with E-state index in [-0.39, 0.29) is 6.04 Å². The lowest BCUT2D eigenvalue weighted by Crippen LogP contribution is -2.43. The Balaban J connectivity index is 1.50. The number of aryl methyl sites for hydroxylation is 4. The Hall–Kier alpha value is -4.89. The van der Waals surface area contributed by atoms with Crippen molar-refractivity contribution in [2.75, 3.05) is 0 Å². The van der Waals surface area contributed by atoms with Crippen LogP contribution in [0, 0.1) is 6.92 Å². The van der Waals surface area contributed by atoms with Gasteiger partial charge in [0.05, 0.1) is 5.56 Å². The number of benzene rings is 3. The van der Waals surface area contributed by atoms with Crippen molar-refractivity contribution in [2.24, 2.45) is 14.1 Å². The van der Waals surface area contributed by atoms with Gasteiger partial charge in [-0.25, -0.2) is 9.13 Å². The molecule has 0 aliphatic carbocycles. The number of hydrogen-bond donors (Lipinski definition) is 0. The second kappa shape index (κ2) is 12.3. The molecule has 42 heavy (non-hydrogen) atoms. The highest BCUT2D eigenvalue weighted by molar-refractivity contribution is 5.64. The molecule has 3 aromatic heterocycles. The van der Waals surface area contributed by atoms with Gasteiger partial charge < -0.3 is 0 Å². The Morgan fingerprint density at radius 1 is 0.500 bits per heavy atom. The molecule has 0 bridgehead atoms. The number of nitrogens with zero attached hydrogens (tertiary/aromatic N) is 3. The van der Waals surface area contributed by atoms with Gasteiger partial charge in [-0.05, 0) is 60.9 Å². The largest absolute Gasteiger partial charge is 0.213 e. The standard InChI is InChI=1S/C39H38N3/c1-30-16-4-6-18-32(30)38-24-12-15-29-42(38)39(35-21-9-8-20-34(35)37-23-11-14-28-41(37)3)26-25-31-17-5-7-19-33(31)36-22-10-13-27-40(36)2/h4-24,27-29,39H,25-26H2,1-3H3/q+3. The first-order valence-electron chi connectivity index (χ1n) is 14.7. The molecule has 0 amide bonds. The van der Waals surface area contributed by atoms with Crippen LogP contribution in [0.15, 0.2) is 146 Å². The van der Waals surface area contributed by atoms with Gasteiger partial charge in [0.25, 0.3) is 0 Å². The summed E-state index contributed by atoms with van der Waals surface area (Å²) < 4.78 is 6.93. The third kappa shape index (κ3) is 5.51. The van der Waals surface area contributed by atoms with Crippen molar-refractivity contribution in [3.8, 4) is 33.8 Å². The first-order chi connectivity index (χ1) is 20.6. The van der Waals surface area contributed by atoms with Crippen molar-refractivity contribution in [1.82, 2.24) is 0 Å². The fourth-order valence-electron chi connectivity index (χ4n) is 6.17. The van der Waals surface area contributed by atoms with E-state index < -0.39 is 0 Å². The predicted molar refractivity (Wildman–Crippen MR) is 169 cm³/mol. The van der Waals surface area contributed by atoms with Gasteiger partial charge in [0, 0.05) is 59.5 Å². The Bertz CT molecular complexity index is 1750. The summed E-state index contributed by atoms with van der Waals surface area (Å²) in [4.78, 5) is 0. The Morgan fingerprint density at radius 3 is 1.71 bits per heavy atom. The van der Waals surface area contributed by atoms with Crippen LogP contribution < -0.4 is 13.7 Å². The van der Waals surface area contributed by atoms with E-state index in [4.69, 9.17) is 0 Å². The molecule has 1 atom stereocenters. The molecule has 0 saturated carbocycles. The van der Waals surface area contributed by atoms with Crippen molar-refractivity contribution < 1.29 is 13.7 Å². The lowest BCUT2D eigenvalue weighted by Gasteiger charge is -2.19. The minimum Gasteiger partial charge on any atom is -0.201 e. The van der Waals surface area contributed by atoms with Crippen LogP contribution in [0.2, 0.25) is 0 Å². The second-order valence-electron chi connectivity index (χ2n) is 11.0. The summed E-state index contributed by atoms with van der Waals surface area (Å²) in [5.41, 5.74) is 11.5. The molecular weight excluding hydrogens is 510 g/mol. The van der Waals surface area contributed by atoms with E-state index in [1.807, 2.05) is 0 Å². The molecule has 6 aromatic rings. The molecule has 3 aromatic carbocycles. The molecule has 0 N–H and O–H groups in total. The Morgan fingerprint density at radius 2 is 1.02 bits per heavy atom. The van der Waals surface area contributed by atoms with Gasteiger partial charge >= 0.3 is 0 Å². The van der Waals surface area contributed by atoms with Crippen LogP contribution in [0.25, 0.3) is 33.8 Å². The van der Waals surface area contributed by atoms with Crippen LogP contribution in [0.5, 0.6) is 0 Å². The molecular formula is C39H38N3+3. The maximum absolute atomic E-state index is 2.50. The number of pyridine rings is 3. The molecule has 1 unspecified atom stereocenters. The fourth-order valence-corrected chi connectivity index (χ4v) is 6.17. The highest BCUT2D eigenvalue weighted by atomic mass is 15.0. The molecule has 3 heteroatoms. The number of aromatic nitrogens is 3. The van der Waals surface area contributed by atoms with E-state index in [2.05, 4.69) is 181 Å². The molecule has 0 aliphatic heterocycles. The highest BCUT2D eigenvalue weighted by Crippen LogP contribution is 2.32. The number of rotatable bonds is 8. The second-order valence-corrected chi connectivity index (χ2v) is 11.0. The van der Waals surface area contributed by atoms with Gasteiger partial charge in [0.2, 0.25) is 17.1 Å². The van der Waals surface area contributed by atoms with Crippen LogP contribution in [0.1, 0.15) is 29.2 Å². The normalized spacial score (nSPS) is 11.8. The quantitative estimate of drug-likeness (QED) is 0.179. The van der Waals surface area contributed by atoms with Crippen molar-refractivity contribution in [1.29, 1.82) is 0 Å². The first kappa shape index (κ1) is 27.3. The molecule has 3 heterocycles. The molecule has 0 aliphatic rings. The summed E-state index contributed by atoms with van der Waals surface area (Å²) in [6.45, 7) is 2.20. The van der Waals surface area contributed by atoms with Gasteiger partial charge in [-0.3, -0.25) is 0 Å². The molecule has 3 nitrogen and oxygen atoms in total. The predicted octanol–water partition coefficient (Wildman–Crippen LogP) is 7.15. The SMILES string of the molecule is Cc1ccccc1-c1cccc[n+]1C(CCc1ccccc1-c1cccc[n+]1C)c1ccccc1-c1cccc[n+]1C. The summed E-state index contributed by atoms with van der Waals surface area (Å²) in [6.07, 6.45) is 8.41. The molecule has 0 fully saturated rings. The molecule has 0 radical (unpaired) electrons. The van der Waals surface area contributed by atoms with Crippen molar-refractivity contribution in [3.63, 3.8) is 0 Å². The average Bonchev–Trinajstić information content (AvgIpc) is 3.03. The monoisotopic (exact) mass is 548 g/mol. The van der Waals surface area contributed by atoms with Gasteiger partial charge in [-0.2, -0.15) is 4.57 Å². The molecule has 206 valence electrons. The van der Waals surface area contributed by atoms with Crippen LogP contribution in [-0.4, -0.2) is 0 Å². The van der Waals surface area contributed by atoms with Crippen molar-refractivity contribution in [3.05, 3.63) is 163 Å². The minimum absolute atomic E-state index is 0.120. The summed E-state index contributed by atoms with van der Waals surface area (Å²) >= 11 is 0. The van der Waals surface area contributed by atoms with E-state index in [1.54, 1.807) is 0 Å². The summed E-state index contributed by atoms with van der Waals surface area (Å²) in [7, 11) is 4.25. The van der Waals surface area contributed by atoms with Gasteiger partial charge in [-0.15, -0.1) is 0 Å². The maximum Gasteiger partial charge on any atom is 0.213 e. The van der Waals surface area contributed by atoms with Crippen molar-refractivity contribution >= 4 is 0 Å². The van der Waals surface area contributed by atoms with E-state index in [1.165, 1.54) is 50.5 Å². The van der Waals surface area contributed by atoms with Crippen LogP contribution in [0.4, 0.5) is 0 Å². The van der Waals surface area contributed by atoms with Crippen LogP contribution >= 0.6 is 0 Å². The van der Waals surface area contributed by atoms with Crippen LogP contribution in [-0.2, 0) is 20.5 Å². The minimum atomic E-state index is 0.120. The van der Waals surface area contributed by atoms with Gasteiger partial charge in [0.1, 0.15) is 14.1 Å². The zero-order valence-electron chi connectivity index (χ0n) is 24.7. The smallest absolute Gasteiger partial charge is 0.201 e. The van der Waals surface area contributed by atoms with E-state index >= 15 is 0 Å². The zero-order chi connectivity index (χ0) is 28.9. The lowest BCUT2D eigenvalue weighted by atomic mass is 9.90. The Labute approximate surface area is 249 Å². The summed E-state index contributed by atoms with van der Waals surface area (Å²) in [5.74, 6) is 0. The maximum atomic E-state index is 2.50. The van der Waals surface area contributed by atoms with Gasteiger partial charge in [-0.1, -0.05) is 54.6 Å².